The number of fused-ring (bicyclic) bond motifs is 5. The highest BCUT2D eigenvalue weighted by Crippen LogP contribution is 2.66. The lowest BCUT2D eigenvalue weighted by atomic mass is 9.46. The van der Waals surface area contributed by atoms with Gasteiger partial charge in [0.2, 0.25) is 0 Å². The summed E-state index contributed by atoms with van der Waals surface area (Å²) in [5.41, 5.74) is 0.935. The van der Waals surface area contributed by atoms with Crippen molar-refractivity contribution in [3.63, 3.8) is 0 Å². The first-order valence-electron chi connectivity index (χ1n) is 12.7. The fraction of sp³-hybridized carbons (Fsp3) is 0.857. The van der Waals surface area contributed by atoms with Crippen molar-refractivity contribution in [3.8, 4) is 0 Å². The third-order valence-corrected chi connectivity index (χ3v) is 10.6. The predicted octanol–water partition coefficient (Wildman–Crippen LogP) is 7.27. The van der Waals surface area contributed by atoms with Crippen molar-refractivity contribution in [2.24, 2.45) is 58.2 Å². The van der Waals surface area contributed by atoms with Crippen LogP contribution in [-0.4, -0.2) is 11.2 Å². The molecule has 0 aliphatic heterocycles. The predicted molar refractivity (Wildman–Crippen MR) is 123 cm³/mol. The van der Waals surface area contributed by atoms with Gasteiger partial charge in [-0.2, -0.15) is 0 Å². The van der Waals surface area contributed by atoms with Gasteiger partial charge in [-0.3, -0.25) is 0 Å². The van der Waals surface area contributed by atoms with Crippen molar-refractivity contribution in [3.05, 3.63) is 24.3 Å². The second-order valence-electron chi connectivity index (χ2n) is 12.3. The van der Waals surface area contributed by atoms with E-state index in [4.69, 9.17) is 0 Å². The zero-order chi connectivity index (χ0) is 21.0. The molecule has 0 heterocycles. The lowest BCUT2D eigenvalue weighted by Gasteiger charge is -2.59. The Labute approximate surface area is 180 Å². The van der Waals surface area contributed by atoms with Gasteiger partial charge in [0, 0.05) is 0 Å². The molecule has 0 spiro atoms. The average molecular weight is 399 g/mol. The molecule has 0 aromatic rings. The maximum Gasteiger partial charge on any atom is 0.0546 e. The Morgan fingerprint density at radius 3 is 2.28 bits per heavy atom. The minimum absolute atomic E-state index is 0.0696. The molecule has 0 saturated heterocycles. The molecule has 0 bridgehead atoms. The molecule has 4 aliphatic carbocycles. The summed E-state index contributed by atoms with van der Waals surface area (Å²) in [5, 5.41) is 10.2. The van der Waals surface area contributed by atoms with E-state index in [1.807, 2.05) is 0 Å². The Hall–Kier alpha value is -0.560. The molecule has 3 unspecified atom stereocenters. The lowest BCUT2D eigenvalue weighted by molar-refractivity contribution is -0.0795. The molecule has 0 aromatic heterocycles. The molecule has 4 rings (SSSR count). The summed E-state index contributed by atoms with van der Waals surface area (Å²) in [4.78, 5) is 0. The number of hydrogen-bond donors (Lipinski definition) is 1. The fourth-order valence-corrected chi connectivity index (χ4v) is 8.21. The van der Waals surface area contributed by atoms with Crippen LogP contribution < -0.4 is 0 Å². The first kappa shape index (κ1) is 21.7. The van der Waals surface area contributed by atoms with E-state index in [1.165, 1.54) is 32.1 Å². The van der Waals surface area contributed by atoms with Gasteiger partial charge < -0.3 is 5.11 Å². The van der Waals surface area contributed by atoms with Gasteiger partial charge in [-0.05, 0) is 103 Å². The maximum absolute atomic E-state index is 10.2. The van der Waals surface area contributed by atoms with Crippen LogP contribution in [0.15, 0.2) is 24.3 Å². The Morgan fingerprint density at radius 1 is 0.862 bits per heavy atom. The Morgan fingerprint density at radius 2 is 1.55 bits per heavy atom. The molecular weight excluding hydrogens is 352 g/mol. The fourth-order valence-electron chi connectivity index (χ4n) is 8.21. The summed E-state index contributed by atoms with van der Waals surface area (Å²) in [6, 6.07) is 0. The highest BCUT2D eigenvalue weighted by molar-refractivity contribution is 5.18. The van der Waals surface area contributed by atoms with Crippen LogP contribution in [-0.2, 0) is 0 Å². The second-order valence-corrected chi connectivity index (χ2v) is 12.3. The van der Waals surface area contributed by atoms with E-state index in [0.717, 1.165) is 42.4 Å². The van der Waals surface area contributed by atoms with Crippen molar-refractivity contribution in [1.29, 1.82) is 0 Å². The number of rotatable bonds is 4. The first-order valence-corrected chi connectivity index (χ1v) is 12.7. The van der Waals surface area contributed by atoms with Crippen LogP contribution in [0, 0.1) is 58.2 Å². The molecule has 1 heteroatoms. The normalized spacial score (nSPS) is 49.0. The minimum atomic E-state index is -0.0696. The smallest absolute Gasteiger partial charge is 0.0546 e. The third kappa shape index (κ3) is 3.58. The number of aliphatic hydroxyl groups excluding tert-OH is 1. The molecule has 164 valence electrons. The van der Waals surface area contributed by atoms with Crippen molar-refractivity contribution in [1.82, 2.24) is 0 Å². The van der Waals surface area contributed by atoms with Crippen LogP contribution in [0.1, 0.15) is 86.5 Å². The van der Waals surface area contributed by atoms with E-state index >= 15 is 0 Å². The molecule has 10 atom stereocenters. The van der Waals surface area contributed by atoms with Crippen molar-refractivity contribution >= 4 is 0 Å². The summed E-state index contributed by atoms with van der Waals surface area (Å²) >= 11 is 0. The Kier molecular flexibility index (Phi) is 5.86. The quantitative estimate of drug-likeness (QED) is 0.494. The molecule has 1 N–H and O–H groups in total. The average Bonchev–Trinajstić information content (AvgIpc) is 3.03. The van der Waals surface area contributed by atoms with Crippen LogP contribution in [0.3, 0.4) is 0 Å². The standard InChI is InChI=1S/C28H46O/c1-18(2)19(3)7-8-20(4)24-11-12-25-23-10-9-21-17-22(29)13-15-27(21,5)26(23)14-16-28(24,25)6/h7-10,18-26,29H,11-17H2,1-6H3/t19?,20?,21?,22-,23-,24+,25-,26-,27-,28+/m0/s1. The van der Waals surface area contributed by atoms with Gasteiger partial charge >= 0.3 is 0 Å². The van der Waals surface area contributed by atoms with Gasteiger partial charge in [0.25, 0.3) is 0 Å². The Balaban J connectivity index is 1.53. The topological polar surface area (TPSA) is 20.2 Å². The van der Waals surface area contributed by atoms with Gasteiger partial charge in [0.1, 0.15) is 0 Å². The van der Waals surface area contributed by atoms with E-state index in [9.17, 15) is 5.11 Å². The highest BCUT2D eigenvalue weighted by atomic mass is 16.3. The number of hydrogen-bond acceptors (Lipinski definition) is 1. The van der Waals surface area contributed by atoms with E-state index in [2.05, 4.69) is 65.8 Å². The summed E-state index contributed by atoms with van der Waals surface area (Å²) in [6.07, 6.45) is 19.1. The molecule has 4 aliphatic rings. The van der Waals surface area contributed by atoms with Gasteiger partial charge in [-0.25, -0.2) is 0 Å². The summed E-state index contributed by atoms with van der Waals surface area (Å²) in [6.45, 7) is 14.7. The molecule has 3 saturated carbocycles. The number of aliphatic hydroxyl groups is 1. The Bertz CT molecular complexity index is 647. The van der Waals surface area contributed by atoms with Crippen LogP contribution in [0.5, 0.6) is 0 Å². The van der Waals surface area contributed by atoms with Crippen LogP contribution >= 0.6 is 0 Å². The van der Waals surface area contributed by atoms with E-state index < -0.39 is 0 Å². The molecule has 0 aromatic carbocycles. The highest BCUT2D eigenvalue weighted by Gasteiger charge is 2.59. The van der Waals surface area contributed by atoms with Crippen LogP contribution in [0.4, 0.5) is 0 Å². The van der Waals surface area contributed by atoms with Gasteiger partial charge in [-0.1, -0.05) is 65.8 Å². The molecule has 3 fully saturated rings. The lowest BCUT2D eigenvalue weighted by Crippen LogP contribution is -2.52. The molecular formula is C28H46O. The van der Waals surface area contributed by atoms with Crippen molar-refractivity contribution in [2.45, 2.75) is 92.6 Å². The molecule has 29 heavy (non-hydrogen) atoms. The number of allylic oxidation sites excluding steroid dienone is 4. The van der Waals surface area contributed by atoms with Gasteiger partial charge in [-0.15, -0.1) is 0 Å². The van der Waals surface area contributed by atoms with Crippen LogP contribution in [0.25, 0.3) is 0 Å². The molecule has 0 amide bonds. The van der Waals surface area contributed by atoms with E-state index in [0.29, 0.717) is 28.6 Å². The monoisotopic (exact) mass is 398 g/mol. The summed E-state index contributed by atoms with van der Waals surface area (Å²) < 4.78 is 0. The van der Waals surface area contributed by atoms with Crippen molar-refractivity contribution in [2.75, 3.05) is 0 Å². The van der Waals surface area contributed by atoms with Crippen LogP contribution in [0.2, 0.25) is 0 Å². The van der Waals surface area contributed by atoms with Gasteiger partial charge in [0.15, 0.2) is 0 Å². The minimum Gasteiger partial charge on any atom is -0.393 e. The first-order chi connectivity index (χ1) is 13.7. The molecule has 0 radical (unpaired) electrons. The van der Waals surface area contributed by atoms with Gasteiger partial charge in [0.05, 0.1) is 6.10 Å². The van der Waals surface area contributed by atoms with Crippen molar-refractivity contribution < 1.29 is 5.11 Å². The maximum atomic E-state index is 10.2. The third-order valence-electron chi connectivity index (χ3n) is 10.6. The molecule has 1 nitrogen and oxygen atoms in total. The SMILES string of the molecule is CC(C)C(C)C=CC(C)[C@H]1CC[C@H]2[C@@H]3C=CC4C[C@@H](O)CC[C@]4(C)[C@H]3CC[C@]12C. The summed E-state index contributed by atoms with van der Waals surface area (Å²) in [5.74, 6) is 6.04. The van der Waals surface area contributed by atoms with E-state index in [-0.39, 0.29) is 6.10 Å². The second kappa shape index (κ2) is 7.85. The summed E-state index contributed by atoms with van der Waals surface area (Å²) in [7, 11) is 0. The zero-order valence-corrected chi connectivity index (χ0v) is 19.9. The zero-order valence-electron chi connectivity index (χ0n) is 19.9. The largest absolute Gasteiger partial charge is 0.393 e. The van der Waals surface area contributed by atoms with E-state index in [1.54, 1.807) is 0 Å².